The van der Waals surface area contributed by atoms with E-state index in [-0.39, 0.29) is 11.4 Å². The van der Waals surface area contributed by atoms with Crippen molar-refractivity contribution < 1.29 is 9.13 Å². The molecule has 1 aliphatic heterocycles. The summed E-state index contributed by atoms with van der Waals surface area (Å²) in [7, 11) is 1.48. The number of piperidine rings is 1. The fourth-order valence-electron chi connectivity index (χ4n) is 2.44. The summed E-state index contributed by atoms with van der Waals surface area (Å²) in [5, 5.41) is 0. The highest BCUT2D eigenvalue weighted by Crippen LogP contribution is 2.20. The monoisotopic (exact) mass is 266 g/mol. The molecule has 1 aromatic rings. The molecule has 1 aromatic carbocycles. The Morgan fingerprint density at radius 1 is 1.37 bits per heavy atom. The number of halogens is 1. The van der Waals surface area contributed by atoms with E-state index in [0.29, 0.717) is 5.75 Å². The fourth-order valence-corrected chi connectivity index (χ4v) is 2.44. The van der Waals surface area contributed by atoms with Crippen LogP contribution in [0.15, 0.2) is 18.2 Å². The van der Waals surface area contributed by atoms with Gasteiger partial charge < -0.3 is 15.4 Å². The Morgan fingerprint density at radius 3 is 2.63 bits per heavy atom. The van der Waals surface area contributed by atoms with Gasteiger partial charge in [0, 0.05) is 12.1 Å². The third kappa shape index (κ3) is 3.91. The molecule has 0 unspecified atom stereocenters. The Bertz CT molecular complexity index is 424. The largest absolute Gasteiger partial charge is 0.494 e. The van der Waals surface area contributed by atoms with Gasteiger partial charge in [0.25, 0.3) is 0 Å². The summed E-state index contributed by atoms with van der Waals surface area (Å²) in [6, 6.07) is 5.19. The molecule has 19 heavy (non-hydrogen) atoms. The number of nitrogens with two attached hydrogens (primary N) is 1. The van der Waals surface area contributed by atoms with Crippen molar-refractivity contribution in [2.75, 3.05) is 26.7 Å². The number of methoxy groups -OCH3 is 1. The Kier molecular flexibility index (Phi) is 4.42. The van der Waals surface area contributed by atoms with E-state index < -0.39 is 0 Å². The van der Waals surface area contributed by atoms with Gasteiger partial charge in [-0.05, 0) is 57.0 Å². The number of benzene rings is 1. The quantitative estimate of drug-likeness (QED) is 0.908. The molecule has 1 fully saturated rings. The second-order valence-corrected chi connectivity index (χ2v) is 5.71. The average molecular weight is 266 g/mol. The molecule has 1 saturated heterocycles. The maximum atomic E-state index is 13.6. The molecule has 1 aliphatic rings. The zero-order valence-corrected chi connectivity index (χ0v) is 11.8. The van der Waals surface area contributed by atoms with E-state index in [2.05, 4.69) is 11.8 Å². The standard InChI is InChI=1S/C15H23FN2O/c1-15(17)6-9-18(10-7-15)8-5-12-3-4-14(19-2)13(16)11-12/h3-4,11H,5-10,17H2,1-2H3. The zero-order valence-electron chi connectivity index (χ0n) is 11.8. The number of rotatable bonds is 4. The molecule has 0 aromatic heterocycles. The van der Waals surface area contributed by atoms with E-state index in [1.807, 2.05) is 6.07 Å². The smallest absolute Gasteiger partial charge is 0.165 e. The molecule has 106 valence electrons. The first-order chi connectivity index (χ1) is 9.00. The maximum absolute atomic E-state index is 13.6. The minimum atomic E-state index is -0.284. The number of likely N-dealkylation sites (tertiary alicyclic amines) is 1. The second-order valence-electron chi connectivity index (χ2n) is 5.71. The molecular weight excluding hydrogens is 243 g/mol. The molecule has 3 nitrogen and oxygen atoms in total. The minimum absolute atomic E-state index is 0.0112. The van der Waals surface area contributed by atoms with Crippen LogP contribution < -0.4 is 10.5 Å². The molecule has 0 spiro atoms. The lowest BCUT2D eigenvalue weighted by atomic mass is 9.91. The van der Waals surface area contributed by atoms with Crippen molar-refractivity contribution in [3.8, 4) is 5.75 Å². The van der Waals surface area contributed by atoms with Gasteiger partial charge in [-0.3, -0.25) is 0 Å². The normalized spacial score (nSPS) is 19.4. The third-order valence-electron chi connectivity index (χ3n) is 3.93. The van der Waals surface area contributed by atoms with Gasteiger partial charge >= 0.3 is 0 Å². The van der Waals surface area contributed by atoms with E-state index in [1.165, 1.54) is 7.11 Å². The van der Waals surface area contributed by atoms with Gasteiger partial charge in [0.05, 0.1) is 7.11 Å². The van der Waals surface area contributed by atoms with Crippen molar-refractivity contribution in [2.24, 2.45) is 5.73 Å². The summed E-state index contributed by atoms with van der Waals surface area (Å²) in [5.74, 6) is 0.0220. The lowest BCUT2D eigenvalue weighted by molar-refractivity contribution is 0.173. The SMILES string of the molecule is COc1ccc(CCN2CCC(C)(N)CC2)cc1F. The highest BCUT2D eigenvalue weighted by atomic mass is 19.1. The van der Waals surface area contributed by atoms with Gasteiger partial charge in [0.1, 0.15) is 0 Å². The Labute approximate surface area is 114 Å². The van der Waals surface area contributed by atoms with Crippen LogP contribution in [0.5, 0.6) is 5.75 Å². The van der Waals surface area contributed by atoms with Crippen LogP contribution in [0.4, 0.5) is 4.39 Å². The number of nitrogens with zero attached hydrogens (tertiary/aromatic N) is 1. The lowest BCUT2D eigenvalue weighted by Gasteiger charge is -2.36. The summed E-state index contributed by atoms with van der Waals surface area (Å²) in [5.41, 5.74) is 7.11. The summed E-state index contributed by atoms with van der Waals surface area (Å²) in [6.45, 7) is 5.14. The van der Waals surface area contributed by atoms with Crippen LogP contribution in [0.3, 0.4) is 0 Å². The molecule has 0 radical (unpaired) electrons. The topological polar surface area (TPSA) is 38.5 Å². The van der Waals surface area contributed by atoms with E-state index in [0.717, 1.165) is 44.5 Å². The summed E-state index contributed by atoms with van der Waals surface area (Å²) in [6.07, 6.45) is 2.93. The summed E-state index contributed by atoms with van der Waals surface area (Å²) < 4.78 is 18.5. The van der Waals surface area contributed by atoms with Crippen molar-refractivity contribution in [2.45, 2.75) is 31.7 Å². The first-order valence-corrected chi connectivity index (χ1v) is 6.84. The highest BCUT2D eigenvalue weighted by Gasteiger charge is 2.25. The van der Waals surface area contributed by atoms with Crippen LogP contribution in [0.25, 0.3) is 0 Å². The Morgan fingerprint density at radius 2 is 2.05 bits per heavy atom. The molecule has 0 aliphatic carbocycles. The fraction of sp³-hybridized carbons (Fsp3) is 0.600. The second kappa shape index (κ2) is 5.88. The van der Waals surface area contributed by atoms with Gasteiger partial charge in [-0.1, -0.05) is 6.07 Å². The molecular formula is C15H23FN2O. The van der Waals surface area contributed by atoms with Crippen LogP contribution in [0.1, 0.15) is 25.3 Å². The van der Waals surface area contributed by atoms with Crippen LogP contribution >= 0.6 is 0 Å². The molecule has 0 saturated carbocycles. The van der Waals surface area contributed by atoms with Crippen molar-refractivity contribution in [1.82, 2.24) is 4.90 Å². The molecule has 0 bridgehead atoms. The van der Waals surface area contributed by atoms with Crippen molar-refractivity contribution >= 4 is 0 Å². The van der Waals surface area contributed by atoms with E-state index >= 15 is 0 Å². The van der Waals surface area contributed by atoms with Crippen molar-refractivity contribution in [1.29, 1.82) is 0 Å². The van der Waals surface area contributed by atoms with Crippen molar-refractivity contribution in [3.63, 3.8) is 0 Å². The summed E-state index contributed by atoms with van der Waals surface area (Å²) in [4.78, 5) is 2.40. The molecule has 0 atom stereocenters. The zero-order chi connectivity index (χ0) is 13.9. The molecule has 4 heteroatoms. The van der Waals surface area contributed by atoms with Crippen LogP contribution in [0, 0.1) is 5.82 Å². The first-order valence-electron chi connectivity index (χ1n) is 6.84. The first kappa shape index (κ1) is 14.3. The predicted octanol–water partition coefficient (Wildman–Crippen LogP) is 2.19. The minimum Gasteiger partial charge on any atom is -0.494 e. The number of hydrogen-bond donors (Lipinski definition) is 1. The van der Waals surface area contributed by atoms with Gasteiger partial charge in [-0.25, -0.2) is 4.39 Å². The van der Waals surface area contributed by atoms with Gasteiger partial charge in [0.15, 0.2) is 11.6 Å². The molecule has 2 N–H and O–H groups in total. The Hall–Kier alpha value is -1.13. The lowest BCUT2D eigenvalue weighted by Crippen LogP contribution is -2.48. The molecule has 2 rings (SSSR count). The molecule has 0 amide bonds. The highest BCUT2D eigenvalue weighted by molar-refractivity contribution is 5.29. The Balaban J connectivity index is 1.84. The van der Waals surface area contributed by atoms with Gasteiger partial charge in [0.2, 0.25) is 0 Å². The molecule has 1 heterocycles. The predicted molar refractivity (Wildman–Crippen MR) is 74.9 cm³/mol. The van der Waals surface area contributed by atoms with Crippen LogP contribution in [-0.4, -0.2) is 37.2 Å². The number of hydrogen-bond acceptors (Lipinski definition) is 3. The van der Waals surface area contributed by atoms with Crippen LogP contribution in [-0.2, 0) is 6.42 Å². The van der Waals surface area contributed by atoms with Crippen molar-refractivity contribution in [3.05, 3.63) is 29.6 Å². The van der Waals surface area contributed by atoms with Gasteiger partial charge in [-0.15, -0.1) is 0 Å². The number of ether oxygens (including phenoxy) is 1. The maximum Gasteiger partial charge on any atom is 0.165 e. The van der Waals surface area contributed by atoms with Gasteiger partial charge in [-0.2, -0.15) is 0 Å². The van der Waals surface area contributed by atoms with E-state index in [1.54, 1.807) is 12.1 Å². The van der Waals surface area contributed by atoms with Crippen LogP contribution in [0.2, 0.25) is 0 Å². The summed E-state index contributed by atoms with van der Waals surface area (Å²) >= 11 is 0. The van der Waals surface area contributed by atoms with E-state index in [9.17, 15) is 4.39 Å². The average Bonchev–Trinajstić information content (AvgIpc) is 2.38. The third-order valence-corrected chi connectivity index (χ3v) is 3.93. The van der Waals surface area contributed by atoms with E-state index in [4.69, 9.17) is 10.5 Å².